The van der Waals surface area contributed by atoms with Crippen molar-refractivity contribution in [3.05, 3.63) is 30.7 Å². The summed E-state index contributed by atoms with van der Waals surface area (Å²) >= 11 is 0. The van der Waals surface area contributed by atoms with E-state index in [-0.39, 0.29) is 0 Å². The van der Waals surface area contributed by atoms with Gasteiger partial charge < -0.3 is 15.2 Å². The van der Waals surface area contributed by atoms with Crippen LogP contribution in [0.3, 0.4) is 0 Å². The first-order valence-corrected chi connectivity index (χ1v) is 4.91. The molecule has 3 heterocycles. The number of aromatic amines is 1. The summed E-state index contributed by atoms with van der Waals surface area (Å²) in [5.41, 5.74) is 6.14. The fourth-order valence-corrected chi connectivity index (χ4v) is 1.41. The van der Waals surface area contributed by atoms with Crippen LogP contribution in [-0.4, -0.2) is 29.9 Å². The first-order chi connectivity index (χ1) is 8.31. The van der Waals surface area contributed by atoms with E-state index in [0.29, 0.717) is 29.8 Å². The zero-order valence-corrected chi connectivity index (χ0v) is 8.74. The van der Waals surface area contributed by atoms with Crippen LogP contribution in [0.5, 0.6) is 0 Å². The highest BCUT2D eigenvalue weighted by Gasteiger charge is 2.10. The molecule has 0 aliphatic carbocycles. The quantitative estimate of drug-likeness (QED) is 0.669. The molecule has 0 unspecified atom stereocenters. The van der Waals surface area contributed by atoms with Crippen molar-refractivity contribution in [3.63, 3.8) is 0 Å². The molecule has 0 saturated heterocycles. The maximum absolute atomic E-state index is 5.55. The highest BCUT2D eigenvalue weighted by molar-refractivity contribution is 5.40. The summed E-state index contributed by atoms with van der Waals surface area (Å²) < 4.78 is 6.70. The van der Waals surface area contributed by atoms with Gasteiger partial charge in [0.25, 0.3) is 0 Å². The molecule has 0 fully saturated rings. The van der Waals surface area contributed by atoms with Gasteiger partial charge in [-0.2, -0.15) is 10.1 Å². The minimum absolute atomic E-state index is 0.380. The van der Waals surface area contributed by atoms with E-state index >= 15 is 0 Å². The Morgan fingerprint density at radius 1 is 1.47 bits per heavy atom. The monoisotopic (exact) mass is 231 g/mol. The third kappa shape index (κ3) is 1.87. The molecule has 0 spiro atoms. The number of anilines is 1. The minimum atomic E-state index is 0.380. The fraction of sp³-hybridized carbons (Fsp3) is 0.111. The number of hydrogen-bond donors (Lipinski definition) is 2. The van der Waals surface area contributed by atoms with E-state index in [9.17, 15) is 0 Å². The number of nitrogens with one attached hydrogen (secondary N) is 1. The van der Waals surface area contributed by atoms with Crippen LogP contribution in [0.1, 0.15) is 5.89 Å². The summed E-state index contributed by atoms with van der Waals surface area (Å²) in [6, 6.07) is 0. The average Bonchev–Trinajstić information content (AvgIpc) is 3.00. The molecule has 0 aliphatic rings. The first kappa shape index (κ1) is 9.58. The van der Waals surface area contributed by atoms with Crippen LogP contribution in [-0.2, 0) is 6.54 Å². The smallest absolute Gasteiger partial charge is 0.248 e. The lowest BCUT2D eigenvalue weighted by molar-refractivity contribution is 0.366. The van der Waals surface area contributed by atoms with Crippen molar-refractivity contribution < 1.29 is 4.52 Å². The van der Waals surface area contributed by atoms with Crippen molar-refractivity contribution in [1.29, 1.82) is 0 Å². The Labute approximate surface area is 95.5 Å². The van der Waals surface area contributed by atoms with Gasteiger partial charge in [-0.1, -0.05) is 5.16 Å². The number of hydrogen-bond acceptors (Lipinski definition) is 6. The molecule has 3 aromatic rings. The molecule has 3 aromatic heterocycles. The summed E-state index contributed by atoms with van der Waals surface area (Å²) in [6.07, 6.45) is 6.57. The average molecular weight is 231 g/mol. The number of H-pyrrole nitrogens is 1. The van der Waals surface area contributed by atoms with E-state index in [1.54, 1.807) is 29.5 Å². The molecule has 3 N–H and O–H groups in total. The van der Waals surface area contributed by atoms with E-state index in [0.717, 1.165) is 0 Å². The second-order valence-corrected chi connectivity index (χ2v) is 3.42. The maximum Gasteiger partial charge on any atom is 0.248 e. The Morgan fingerprint density at radius 3 is 3.12 bits per heavy atom. The second-order valence-electron chi connectivity index (χ2n) is 3.42. The molecular formula is C9H9N7O. The summed E-state index contributed by atoms with van der Waals surface area (Å²) in [5.74, 6) is 1.43. The van der Waals surface area contributed by atoms with Crippen LogP contribution in [0, 0.1) is 0 Å². The number of rotatable bonds is 3. The van der Waals surface area contributed by atoms with Gasteiger partial charge in [-0.25, -0.2) is 4.98 Å². The Morgan fingerprint density at radius 2 is 2.41 bits per heavy atom. The number of nitrogen functional groups attached to an aromatic ring is 1. The van der Waals surface area contributed by atoms with Crippen molar-refractivity contribution in [2.45, 2.75) is 6.54 Å². The van der Waals surface area contributed by atoms with Gasteiger partial charge in [0.1, 0.15) is 6.54 Å². The molecule has 8 heteroatoms. The van der Waals surface area contributed by atoms with Crippen LogP contribution < -0.4 is 5.73 Å². The van der Waals surface area contributed by atoms with Crippen LogP contribution in [0.2, 0.25) is 0 Å². The summed E-state index contributed by atoms with van der Waals surface area (Å²) in [6.45, 7) is 0.380. The van der Waals surface area contributed by atoms with Crippen LogP contribution >= 0.6 is 0 Å². The molecule has 0 saturated carbocycles. The fourth-order valence-electron chi connectivity index (χ4n) is 1.41. The second kappa shape index (κ2) is 3.74. The van der Waals surface area contributed by atoms with Gasteiger partial charge in [0, 0.05) is 18.6 Å². The lowest BCUT2D eigenvalue weighted by Crippen LogP contribution is -2.00. The van der Waals surface area contributed by atoms with Crippen molar-refractivity contribution in [3.8, 4) is 11.6 Å². The largest absolute Gasteiger partial charge is 0.396 e. The van der Waals surface area contributed by atoms with Crippen molar-refractivity contribution in [1.82, 2.24) is 29.9 Å². The molecule has 3 rings (SSSR count). The van der Waals surface area contributed by atoms with Gasteiger partial charge in [0.15, 0.2) is 5.82 Å². The van der Waals surface area contributed by atoms with Crippen LogP contribution in [0.25, 0.3) is 11.6 Å². The zero-order valence-electron chi connectivity index (χ0n) is 8.74. The van der Waals surface area contributed by atoms with Gasteiger partial charge in [-0.15, -0.1) is 0 Å². The van der Waals surface area contributed by atoms with Gasteiger partial charge >= 0.3 is 0 Å². The lowest BCUT2D eigenvalue weighted by Gasteiger charge is -1.93. The van der Waals surface area contributed by atoms with Crippen molar-refractivity contribution in [2.24, 2.45) is 0 Å². The molecule has 0 bridgehead atoms. The van der Waals surface area contributed by atoms with Crippen molar-refractivity contribution in [2.75, 3.05) is 5.73 Å². The van der Waals surface area contributed by atoms with Gasteiger partial charge in [0.05, 0.1) is 11.9 Å². The van der Waals surface area contributed by atoms with Gasteiger partial charge in [0.2, 0.25) is 11.7 Å². The molecule has 86 valence electrons. The predicted octanol–water partition coefficient (Wildman–Crippen LogP) is 0.287. The minimum Gasteiger partial charge on any atom is -0.396 e. The molecule has 0 aromatic carbocycles. The van der Waals surface area contributed by atoms with Crippen molar-refractivity contribution >= 4 is 5.69 Å². The molecular weight excluding hydrogens is 222 g/mol. The normalized spacial score (nSPS) is 10.8. The van der Waals surface area contributed by atoms with Crippen LogP contribution in [0.4, 0.5) is 5.69 Å². The first-order valence-electron chi connectivity index (χ1n) is 4.91. The SMILES string of the molecule is Nc1cnn(Cc2nc(-c3ncc[nH]3)no2)c1. The predicted molar refractivity (Wildman–Crippen MR) is 57.6 cm³/mol. The Balaban J connectivity index is 1.81. The third-order valence-electron chi connectivity index (χ3n) is 2.13. The highest BCUT2D eigenvalue weighted by Crippen LogP contribution is 2.10. The molecule has 17 heavy (non-hydrogen) atoms. The number of aromatic nitrogens is 6. The van der Waals surface area contributed by atoms with Gasteiger partial charge in [-0.05, 0) is 0 Å². The Bertz CT molecular complexity index is 609. The summed E-state index contributed by atoms with van der Waals surface area (Å²) in [7, 11) is 0. The lowest BCUT2D eigenvalue weighted by atomic mass is 10.5. The Kier molecular flexibility index (Phi) is 2.11. The number of nitrogens with two attached hydrogens (primary N) is 1. The molecule has 0 radical (unpaired) electrons. The highest BCUT2D eigenvalue weighted by atomic mass is 16.5. The van der Waals surface area contributed by atoms with Gasteiger partial charge in [-0.3, -0.25) is 4.68 Å². The maximum atomic E-state index is 5.55. The molecule has 0 atom stereocenters. The topological polar surface area (TPSA) is 111 Å². The zero-order chi connectivity index (χ0) is 11.7. The number of imidazole rings is 1. The standard InChI is InChI=1S/C9H9N7O/c10-6-3-13-16(4-6)5-7-14-9(15-17-7)8-11-1-2-12-8/h1-4H,5,10H2,(H,11,12). The number of nitrogens with zero attached hydrogens (tertiary/aromatic N) is 5. The van der Waals surface area contributed by atoms with E-state index in [4.69, 9.17) is 10.3 Å². The van der Waals surface area contributed by atoms with Crippen LogP contribution in [0.15, 0.2) is 29.3 Å². The van der Waals surface area contributed by atoms with E-state index in [1.807, 2.05) is 0 Å². The van der Waals surface area contributed by atoms with E-state index < -0.39 is 0 Å². The third-order valence-corrected chi connectivity index (χ3v) is 2.13. The molecule has 0 aliphatic heterocycles. The van der Waals surface area contributed by atoms with E-state index in [1.165, 1.54) is 0 Å². The molecule has 8 nitrogen and oxygen atoms in total. The molecule has 0 amide bonds. The van der Waals surface area contributed by atoms with E-state index in [2.05, 4.69) is 25.2 Å². The Hall–Kier alpha value is -2.64. The summed E-state index contributed by atoms with van der Waals surface area (Å²) in [5, 5.41) is 7.83. The summed E-state index contributed by atoms with van der Waals surface area (Å²) in [4.78, 5) is 11.1.